The van der Waals surface area contributed by atoms with Crippen LogP contribution in [0.1, 0.15) is 5.56 Å². The first-order chi connectivity index (χ1) is 10.7. The van der Waals surface area contributed by atoms with Gasteiger partial charge in [-0.25, -0.2) is 0 Å². The van der Waals surface area contributed by atoms with Gasteiger partial charge in [-0.2, -0.15) is 0 Å². The topological polar surface area (TPSA) is 49.0 Å². The summed E-state index contributed by atoms with van der Waals surface area (Å²) in [5.74, 6) is 3.00. The van der Waals surface area contributed by atoms with E-state index >= 15 is 0 Å². The van der Waals surface area contributed by atoms with Crippen molar-refractivity contribution in [3.8, 4) is 23.0 Å². The molecule has 0 aliphatic heterocycles. The van der Waals surface area contributed by atoms with E-state index in [0.717, 1.165) is 22.7 Å². The lowest BCUT2D eigenvalue weighted by atomic mass is 10.1. The van der Waals surface area contributed by atoms with Crippen molar-refractivity contribution in [2.45, 2.75) is 6.54 Å². The fraction of sp³-hybridized carbons (Fsp3) is 0.294. The van der Waals surface area contributed by atoms with Gasteiger partial charge >= 0.3 is 0 Å². The van der Waals surface area contributed by atoms with E-state index in [1.54, 1.807) is 28.4 Å². The molecule has 2 aromatic rings. The van der Waals surface area contributed by atoms with Gasteiger partial charge in [-0.05, 0) is 30.3 Å². The first-order valence-corrected chi connectivity index (χ1v) is 6.88. The SMILES string of the molecule is COc1ccc(OC)c(CNc2ccc(OC)c(OC)c2)c1. The molecule has 5 nitrogen and oxygen atoms in total. The number of hydrogen-bond donors (Lipinski definition) is 1. The Hall–Kier alpha value is -2.56. The fourth-order valence-corrected chi connectivity index (χ4v) is 2.16. The molecule has 0 bridgehead atoms. The minimum Gasteiger partial charge on any atom is -0.497 e. The molecular weight excluding hydrogens is 282 g/mol. The van der Waals surface area contributed by atoms with Gasteiger partial charge in [0.05, 0.1) is 28.4 Å². The largest absolute Gasteiger partial charge is 0.497 e. The molecule has 0 aromatic heterocycles. The van der Waals surface area contributed by atoms with Gasteiger partial charge in [0, 0.05) is 23.9 Å². The van der Waals surface area contributed by atoms with Crippen LogP contribution in [0.25, 0.3) is 0 Å². The highest BCUT2D eigenvalue weighted by Gasteiger charge is 2.07. The Kier molecular flexibility index (Phi) is 5.36. The lowest BCUT2D eigenvalue weighted by Gasteiger charge is -2.14. The quantitative estimate of drug-likeness (QED) is 0.850. The molecule has 22 heavy (non-hydrogen) atoms. The fourth-order valence-electron chi connectivity index (χ4n) is 2.16. The molecule has 0 heterocycles. The maximum atomic E-state index is 5.37. The van der Waals surface area contributed by atoms with Crippen molar-refractivity contribution in [3.63, 3.8) is 0 Å². The summed E-state index contributed by atoms with van der Waals surface area (Å²) in [6.45, 7) is 0.607. The van der Waals surface area contributed by atoms with Gasteiger partial charge in [0.2, 0.25) is 0 Å². The molecule has 0 aliphatic rings. The molecule has 0 fully saturated rings. The number of benzene rings is 2. The first kappa shape index (κ1) is 15.8. The van der Waals surface area contributed by atoms with Gasteiger partial charge in [-0.1, -0.05) is 0 Å². The van der Waals surface area contributed by atoms with Crippen molar-refractivity contribution < 1.29 is 18.9 Å². The molecule has 5 heteroatoms. The van der Waals surface area contributed by atoms with Gasteiger partial charge in [0.1, 0.15) is 11.5 Å². The lowest BCUT2D eigenvalue weighted by Crippen LogP contribution is -2.03. The monoisotopic (exact) mass is 303 g/mol. The zero-order valence-electron chi connectivity index (χ0n) is 13.3. The Morgan fingerprint density at radius 2 is 1.41 bits per heavy atom. The Bertz CT molecular complexity index is 628. The summed E-state index contributed by atoms with van der Waals surface area (Å²) in [4.78, 5) is 0. The highest BCUT2D eigenvalue weighted by Crippen LogP contribution is 2.30. The van der Waals surface area contributed by atoms with Crippen molar-refractivity contribution in [1.82, 2.24) is 0 Å². The van der Waals surface area contributed by atoms with Crippen LogP contribution in [0.2, 0.25) is 0 Å². The van der Waals surface area contributed by atoms with Gasteiger partial charge in [0.15, 0.2) is 11.5 Å². The Labute approximate surface area is 130 Å². The second-order valence-corrected chi connectivity index (χ2v) is 4.60. The van der Waals surface area contributed by atoms with Gasteiger partial charge in [-0.3, -0.25) is 0 Å². The van der Waals surface area contributed by atoms with Crippen molar-refractivity contribution in [2.24, 2.45) is 0 Å². The van der Waals surface area contributed by atoms with E-state index in [-0.39, 0.29) is 0 Å². The predicted octanol–water partition coefficient (Wildman–Crippen LogP) is 3.33. The second-order valence-electron chi connectivity index (χ2n) is 4.60. The van der Waals surface area contributed by atoms with Crippen LogP contribution in [-0.4, -0.2) is 28.4 Å². The molecule has 118 valence electrons. The summed E-state index contributed by atoms with van der Waals surface area (Å²) in [6, 6.07) is 11.4. The molecule has 0 spiro atoms. The van der Waals surface area contributed by atoms with Gasteiger partial charge in [0.25, 0.3) is 0 Å². The third-order valence-corrected chi connectivity index (χ3v) is 3.35. The van der Waals surface area contributed by atoms with Crippen LogP contribution in [0, 0.1) is 0 Å². The number of anilines is 1. The molecule has 0 saturated heterocycles. The molecule has 0 radical (unpaired) electrons. The third-order valence-electron chi connectivity index (χ3n) is 3.35. The van der Waals surface area contributed by atoms with Crippen LogP contribution in [0.15, 0.2) is 36.4 Å². The number of hydrogen-bond acceptors (Lipinski definition) is 5. The van der Waals surface area contributed by atoms with Gasteiger partial charge in [-0.15, -0.1) is 0 Å². The lowest BCUT2D eigenvalue weighted by molar-refractivity contribution is 0.355. The molecule has 0 saturated carbocycles. The van der Waals surface area contributed by atoms with Crippen molar-refractivity contribution in [3.05, 3.63) is 42.0 Å². The summed E-state index contributed by atoms with van der Waals surface area (Å²) in [5.41, 5.74) is 1.94. The summed E-state index contributed by atoms with van der Waals surface area (Å²) >= 11 is 0. The van der Waals surface area contributed by atoms with Crippen LogP contribution in [0.4, 0.5) is 5.69 Å². The van der Waals surface area contributed by atoms with Crippen LogP contribution in [-0.2, 0) is 6.54 Å². The van der Waals surface area contributed by atoms with E-state index in [9.17, 15) is 0 Å². The van der Waals surface area contributed by atoms with Crippen LogP contribution in [0.5, 0.6) is 23.0 Å². The van der Waals surface area contributed by atoms with E-state index in [1.165, 1.54) is 0 Å². The molecule has 0 aliphatic carbocycles. The van der Waals surface area contributed by atoms with E-state index in [4.69, 9.17) is 18.9 Å². The Morgan fingerprint density at radius 1 is 0.727 bits per heavy atom. The molecule has 0 unspecified atom stereocenters. The van der Waals surface area contributed by atoms with Gasteiger partial charge < -0.3 is 24.3 Å². The zero-order chi connectivity index (χ0) is 15.9. The normalized spacial score (nSPS) is 10.0. The van der Waals surface area contributed by atoms with E-state index < -0.39 is 0 Å². The molecule has 0 atom stereocenters. The maximum absolute atomic E-state index is 5.37. The number of ether oxygens (including phenoxy) is 4. The average Bonchev–Trinajstić information content (AvgIpc) is 2.59. The summed E-state index contributed by atoms with van der Waals surface area (Å²) in [5, 5.41) is 3.34. The minimum atomic E-state index is 0.607. The van der Waals surface area contributed by atoms with Crippen LogP contribution < -0.4 is 24.3 Å². The first-order valence-electron chi connectivity index (χ1n) is 6.88. The summed E-state index contributed by atoms with van der Waals surface area (Å²) < 4.78 is 21.2. The van der Waals surface area contributed by atoms with Crippen LogP contribution >= 0.6 is 0 Å². The zero-order valence-corrected chi connectivity index (χ0v) is 13.3. The smallest absolute Gasteiger partial charge is 0.162 e. The highest BCUT2D eigenvalue weighted by atomic mass is 16.5. The summed E-state index contributed by atoms with van der Waals surface area (Å²) in [6.07, 6.45) is 0. The number of methoxy groups -OCH3 is 4. The van der Waals surface area contributed by atoms with Crippen molar-refractivity contribution in [2.75, 3.05) is 33.8 Å². The van der Waals surface area contributed by atoms with E-state index in [1.807, 2.05) is 36.4 Å². The molecule has 1 N–H and O–H groups in total. The van der Waals surface area contributed by atoms with Crippen molar-refractivity contribution in [1.29, 1.82) is 0 Å². The average molecular weight is 303 g/mol. The maximum Gasteiger partial charge on any atom is 0.162 e. The highest BCUT2D eigenvalue weighted by molar-refractivity contribution is 5.55. The Balaban J connectivity index is 2.16. The molecule has 0 amide bonds. The summed E-state index contributed by atoms with van der Waals surface area (Å²) in [7, 11) is 6.54. The Morgan fingerprint density at radius 3 is 2.05 bits per heavy atom. The minimum absolute atomic E-state index is 0.607. The second kappa shape index (κ2) is 7.45. The molecule has 2 rings (SSSR count). The van der Waals surface area contributed by atoms with E-state index in [2.05, 4.69) is 5.32 Å². The third kappa shape index (κ3) is 3.55. The predicted molar refractivity (Wildman–Crippen MR) is 86.4 cm³/mol. The van der Waals surface area contributed by atoms with Crippen LogP contribution in [0.3, 0.4) is 0 Å². The van der Waals surface area contributed by atoms with Crippen molar-refractivity contribution >= 4 is 5.69 Å². The number of nitrogens with one attached hydrogen (secondary N) is 1. The molecule has 2 aromatic carbocycles. The number of rotatable bonds is 7. The molecular formula is C17H21NO4. The standard InChI is InChI=1S/C17H21NO4/c1-19-14-6-8-15(20-2)12(9-14)11-18-13-5-7-16(21-3)17(10-13)22-4/h5-10,18H,11H2,1-4H3. The van der Waals surface area contributed by atoms with E-state index in [0.29, 0.717) is 18.0 Å².